The summed E-state index contributed by atoms with van der Waals surface area (Å²) in [5.74, 6) is -0.173. The van der Waals surface area contributed by atoms with Gasteiger partial charge in [0, 0.05) is 13.5 Å². The van der Waals surface area contributed by atoms with E-state index in [-0.39, 0.29) is 11.8 Å². The molecule has 0 amide bonds. The first-order valence-corrected chi connectivity index (χ1v) is 5.93. The number of nitrogens with one attached hydrogen (secondary N) is 1. The van der Waals surface area contributed by atoms with Gasteiger partial charge >= 0.3 is 5.97 Å². The molecule has 2 rings (SSSR count). The van der Waals surface area contributed by atoms with Gasteiger partial charge in [0.15, 0.2) is 0 Å². The van der Waals surface area contributed by atoms with Crippen molar-refractivity contribution in [1.82, 2.24) is 5.32 Å². The molecule has 0 spiro atoms. The number of ether oxygens (including phenoxy) is 1. The Bertz CT molecular complexity index is 418. The second-order valence-corrected chi connectivity index (χ2v) is 4.53. The molecular formula is C13H17NO4. The van der Waals surface area contributed by atoms with Gasteiger partial charge in [0.05, 0.1) is 6.04 Å². The molecule has 3 N–H and O–H groups in total. The van der Waals surface area contributed by atoms with E-state index in [0.717, 1.165) is 5.56 Å². The average molecular weight is 251 g/mol. The Labute approximate surface area is 105 Å². The van der Waals surface area contributed by atoms with Crippen LogP contribution in [0.25, 0.3) is 0 Å². The Kier molecular flexibility index (Phi) is 3.84. The summed E-state index contributed by atoms with van der Waals surface area (Å²) in [6.45, 7) is 1.75. The van der Waals surface area contributed by atoms with Gasteiger partial charge in [-0.25, -0.2) is 0 Å². The number of rotatable bonds is 3. The number of carbonyl (C=O) groups excluding carboxylic acids is 1. The van der Waals surface area contributed by atoms with Gasteiger partial charge in [0.2, 0.25) is 0 Å². The molecule has 3 atom stereocenters. The number of esters is 1. The first-order chi connectivity index (χ1) is 8.56. The van der Waals surface area contributed by atoms with Crippen molar-refractivity contribution >= 4 is 5.97 Å². The van der Waals surface area contributed by atoms with Crippen LogP contribution in [0.15, 0.2) is 24.3 Å². The first kappa shape index (κ1) is 12.9. The second kappa shape index (κ2) is 5.37. The smallest absolute Gasteiger partial charge is 0.303 e. The third-order valence-corrected chi connectivity index (χ3v) is 3.06. The van der Waals surface area contributed by atoms with E-state index in [0.29, 0.717) is 13.0 Å². The highest BCUT2D eigenvalue weighted by Gasteiger charge is 2.37. The van der Waals surface area contributed by atoms with Crippen molar-refractivity contribution in [3.8, 4) is 5.75 Å². The van der Waals surface area contributed by atoms with Crippen LogP contribution in [0.4, 0.5) is 0 Å². The molecule has 1 aliphatic heterocycles. The van der Waals surface area contributed by atoms with Gasteiger partial charge in [-0.3, -0.25) is 4.79 Å². The molecule has 1 aromatic carbocycles. The molecule has 5 nitrogen and oxygen atoms in total. The fraction of sp³-hybridized carbons (Fsp3) is 0.462. The molecule has 1 aromatic rings. The van der Waals surface area contributed by atoms with E-state index in [1.165, 1.54) is 6.92 Å². The van der Waals surface area contributed by atoms with E-state index in [4.69, 9.17) is 4.74 Å². The molecule has 1 heterocycles. The number of phenolic OH excluding ortho intramolecular Hbond substituents is 1. The molecule has 0 aliphatic carbocycles. The van der Waals surface area contributed by atoms with E-state index >= 15 is 0 Å². The van der Waals surface area contributed by atoms with Crippen molar-refractivity contribution in [2.75, 3.05) is 6.54 Å². The predicted molar refractivity (Wildman–Crippen MR) is 65.2 cm³/mol. The molecule has 0 radical (unpaired) electrons. The minimum atomic E-state index is -0.670. The van der Waals surface area contributed by atoms with E-state index in [1.807, 2.05) is 12.1 Å². The van der Waals surface area contributed by atoms with Gasteiger partial charge in [-0.15, -0.1) is 0 Å². The summed E-state index contributed by atoms with van der Waals surface area (Å²) in [4.78, 5) is 11.0. The number of aromatic hydroxyl groups is 1. The fourth-order valence-electron chi connectivity index (χ4n) is 2.20. The average Bonchev–Trinajstić information content (AvgIpc) is 2.64. The van der Waals surface area contributed by atoms with Crippen molar-refractivity contribution < 1.29 is 19.7 Å². The number of hydrogen-bond acceptors (Lipinski definition) is 5. The minimum Gasteiger partial charge on any atom is -0.508 e. The molecule has 1 aliphatic rings. The highest BCUT2D eigenvalue weighted by molar-refractivity contribution is 5.66. The topological polar surface area (TPSA) is 78.8 Å². The molecule has 1 saturated heterocycles. The molecular weight excluding hydrogens is 234 g/mol. The minimum absolute atomic E-state index is 0.103. The Morgan fingerprint density at radius 2 is 2.11 bits per heavy atom. The van der Waals surface area contributed by atoms with Crippen molar-refractivity contribution in [2.45, 2.75) is 31.6 Å². The van der Waals surface area contributed by atoms with Crippen molar-refractivity contribution in [2.24, 2.45) is 0 Å². The van der Waals surface area contributed by atoms with Crippen molar-refractivity contribution in [3.63, 3.8) is 0 Å². The molecule has 0 bridgehead atoms. The molecule has 1 fully saturated rings. The summed E-state index contributed by atoms with van der Waals surface area (Å²) in [7, 11) is 0. The zero-order chi connectivity index (χ0) is 13.1. The molecule has 0 saturated carbocycles. The van der Waals surface area contributed by atoms with Gasteiger partial charge in [0.25, 0.3) is 0 Å². The van der Waals surface area contributed by atoms with Crippen LogP contribution in [0.1, 0.15) is 12.5 Å². The highest BCUT2D eigenvalue weighted by Crippen LogP contribution is 2.18. The monoisotopic (exact) mass is 251 g/mol. The van der Waals surface area contributed by atoms with Crippen LogP contribution in [-0.4, -0.2) is 41.0 Å². The van der Waals surface area contributed by atoms with Crippen molar-refractivity contribution in [3.05, 3.63) is 29.8 Å². The lowest BCUT2D eigenvalue weighted by atomic mass is 10.0. The summed E-state index contributed by atoms with van der Waals surface area (Å²) >= 11 is 0. The lowest BCUT2D eigenvalue weighted by Crippen LogP contribution is -2.38. The maximum Gasteiger partial charge on any atom is 0.303 e. The Balaban J connectivity index is 2.03. The van der Waals surface area contributed by atoms with Crippen LogP contribution in [0.5, 0.6) is 5.75 Å². The van der Waals surface area contributed by atoms with E-state index in [1.54, 1.807) is 12.1 Å². The lowest BCUT2D eigenvalue weighted by molar-refractivity contribution is -0.151. The van der Waals surface area contributed by atoms with Crippen LogP contribution in [0.2, 0.25) is 0 Å². The molecule has 18 heavy (non-hydrogen) atoms. The van der Waals surface area contributed by atoms with Gasteiger partial charge < -0.3 is 20.3 Å². The normalized spacial score (nSPS) is 27.1. The maximum absolute atomic E-state index is 11.0. The fourth-order valence-corrected chi connectivity index (χ4v) is 2.20. The number of aliphatic hydroxyl groups excluding tert-OH is 1. The zero-order valence-corrected chi connectivity index (χ0v) is 10.2. The van der Waals surface area contributed by atoms with Gasteiger partial charge in [0.1, 0.15) is 18.0 Å². The third kappa shape index (κ3) is 3.00. The number of β-amino-alcohol motifs (C(OH)–C–C–N with tert-alkyl or cyclic N) is 1. The van der Waals surface area contributed by atoms with E-state index < -0.39 is 18.2 Å². The van der Waals surface area contributed by atoms with Crippen LogP contribution < -0.4 is 5.32 Å². The third-order valence-electron chi connectivity index (χ3n) is 3.06. The molecule has 1 unspecified atom stereocenters. The SMILES string of the molecule is CC(=O)O[C@@H]1C(O)CN[C@@H]1Cc1ccc(O)cc1. The van der Waals surface area contributed by atoms with Crippen molar-refractivity contribution in [1.29, 1.82) is 0 Å². The van der Waals surface area contributed by atoms with Gasteiger partial charge in [-0.2, -0.15) is 0 Å². The Morgan fingerprint density at radius 1 is 1.44 bits per heavy atom. The first-order valence-electron chi connectivity index (χ1n) is 5.93. The van der Waals surface area contributed by atoms with E-state index in [9.17, 15) is 15.0 Å². The molecule has 98 valence electrons. The van der Waals surface area contributed by atoms with Crippen LogP contribution >= 0.6 is 0 Å². The number of carbonyl (C=O) groups is 1. The number of benzene rings is 1. The molecule has 0 aromatic heterocycles. The number of aliphatic hydroxyl groups is 1. The summed E-state index contributed by atoms with van der Waals surface area (Å²) in [5.41, 5.74) is 1.01. The standard InChI is InChI=1S/C13H17NO4/c1-8(15)18-13-11(14-7-12(13)17)6-9-2-4-10(16)5-3-9/h2-5,11-14,16-17H,6-7H2,1H3/t11-,12?,13+/m1/s1. The lowest BCUT2D eigenvalue weighted by Gasteiger charge is -2.21. The highest BCUT2D eigenvalue weighted by atomic mass is 16.6. The maximum atomic E-state index is 11.0. The Hall–Kier alpha value is -1.59. The van der Waals surface area contributed by atoms with Crippen LogP contribution in [0, 0.1) is 0 Å². The number of hydrogen-bond donors (Lipinski definition) is 3. The quantitative estimate of drug-likeness (QED) is 0.669. The van der Waals surface area contributed by atoms with Gasteiger partial charge in [-0.1, -0.05) is 12.1 Å². The summed E-state index contributed by atoms with van der Waals surface area (Å²) < 4.78 is 5.13. The van der Waals surface area contributed by atoms with Gasteiger partial charge in [-0.05, 0) is 24.1 Å². The Morgan fingerprint density at radius 3 is 2.72 bits per heavy atom. The molecule has 5 heteroatoms. The predicted octanol–water partition coefficient (Wildman–Crippen LogP) is 0.199. The summed E-state index contributed by atoms with van der Waals surface area (Å²) in [5, 5.41) is 22.1. The second-order valence-electron chi connectivity index (χ2n) is 4.53. The van der Waals surface area contributed by atoms with E-state index in [2.05, 4.69) is 5.32 Å². The zero-order valence-electron chi connectivity index (χ0n) is 10.2. The van der Waals surface area contributed by atoms with Crippen LogP contribution in [0.3, 0.4) is 0 Å². The summed E-state index contributed by atoms with van der Waals surface area (Å²) in [6, 6.07) is 6.75. The summed E-state index contributed by atoms with van der Waals surface area (Å²) in [6.07, 6.45) is -0.553. The number of phenols is 1. The van der Waals surface area contributed by atoms with Crippen LogP contribution in [-0.2, 0) is 16.0 Å². The largest absolute Gasteiger partial charge is 0.508 e.